The van der Waals surface area contributed by atoms with E-state index in [1.807, 2.05) is 0 Å². The molecule has 1 aromatic carbocycles. The molecule has 1 aromatic heterocycles. The van der Waals surface area contributed by atoms with E-state index in [0.29, 0.717) is 12.1 Å². The van der Waals surface area contributed by atoms with Crippen molar-refractivity contribution in [2.24, 2.45) is 7.05 Å². The Labute approximate surface area is 127 Å². The molecule has 0 bridgehead atoms. The van der Waals surface area contributed by atoms with Crippen LogP contribution in [-0.4, -0.2) is 34.6 Å². The number of hydrogen-bond donors (Lipinski definition) is 1. The Bertz CT molecular complexity index is 594. The molecule has 1 fully saturated rings. The monoisotopic (exact) mass is 285 g/mol. The van der Waals surface area contributed by atoms with E-state index in [1.165, 1.54) is 35.9 Å². The second-order valence-electron chi connectivity index (χ2n) is 6.60. The molecule has 0 spiro atoms. The lowest BCUT2D eigenvalue weighted by Gasteiger charge is -2.29. The second-order valence-corrected chi connectivity index (χ2v) is 6.60. The number of aryl methyl sites for hydroxylation is 1. The maximum atomic E-state index is 3.62. The average molecular weight is 285 g/mol. The molecule has 1 atom stereocenters. The van der Waals surface area contributed by atoms with Gasteiger partial charge in [0, 0.05) is 49.3 Å². The highest BCUT2D eigenvalue weighted by atomic mass is 15.2. The minimum absolute atomic E-state index is 0.575. The molecule has 3 rings (SSSR count). The molecule has 0 amide bonds. The second kappa shape index (κ2) is 6.20. The first kappa shape index (κ1) is 14.6. The molecule has 2 heterocycles. The lowest BCUT2D eigenvalue weighted by Crippen LogP contribution is -2.40. The molecular formula is C18H27N3. The highest BCUT2D eigenvalue weighted by Gasteiger charge is 2.20. The number of hydrogen-bond acceptors (Lipinski definition) is 2. The van der Waals surface area contributed by atoms with Gasteiger partial charge in [-0.2, -0.15) is 0 Å². The van der Waals surface area contributed by atoms with E-state index in [0.717, 1.165) is 13.1 Å². The quantitative estimate of drug-likeness (QED) is 0.911. The van der Waals surface area contributed by atoms with Crippen LogP contribution in [0.2, 0.25) is 0 Å². The molecule has 21 heavy (non-hydrogen) atoms. The van der Waals surface area contributed by atoms with Crippen LogP contribution in [0.15, 0.2) is 30.5 Å². The predicted molar refractivity (Wildman–Crippen MR) is 89.5 cm³/mol. The zero-order chi connectivity index (χ0) is 14.8. The van der Waals surface area contributed by atoms with Crippen molar-refractivity contribution in [2.75, 3.05) is 13.1 Å². The Balaban J connectivity index is 1.80. The SMILES string of the molecule is CC(C)N(Cc1cn(C)c2ccccc12)CC1CCCN1. The number of para-hydroxylation sites is 1. The van der Waals surface area contributed by atoms with E-state index in [4.69, 9.17) is 0 Å². The third kappa shape index (κ3) is 3.14. The molecule has 3 nitrogen and oxygen atoms in total. The van der Waals surface area contributed by atoms with Gasteiger partial charge in [0.05, 0.1) is 0 Å². The zero-order valence-corrected chi connectivity index (χ0v) is 13.5. The van der Waals surface area contributed by atoms with Gasteiger partial charge in [0.25, 0.3) is 0 Å². The lowest BCUT2D eigenvalue weighted by atomic mass is 10.1. The van der Waals surface area contributed by atoms with Gasteiger partial charge in [-0.3, -0.25) is 4.90 Å². The summed E-state index contributed by atoms with van der Waals surface area (Å²) in [6.07, 6.45) is 4.94. The molecular weight excluding hydrogens is 258 g/mol. The van der Waals surface area contributed by atoms with Crippen LogP contribution in [0, 0.1) is 0 Å². The van der Waals surface area contributed by atoms with Crippen molar-refractivity contribution in [3.05, 3.63) is 36.0 Å². The Morgan fingerprint density at radius 3 is 2.86 bits per heavy atom. The van der Waals surface area contributed by atoms with Crippen molar-refractivity contribution in [1.82, 2.24) is 14.8 Å². The Hall–Kier alpha value is -1.32. The summed E-state index contributed by atoms with van der Waals surface area (Å²) in [5, 5.41) is 5.02. The van der Waals surface area contributed by atoms with Crippen LogP contribution < -0.4 is 5.32 Å². The average Bonchev–Trinajstić information content (AvgIpc) is 3.08. The van der Waals surface area contributed by atoms with Gasteiger partial charge >= 0.3 is 0 Å². The summed E-state index contributed by atoms with van der Waals surface area (Å²) in [7, 11) is 2.14. The van der Waals surface area contributed by atoms with Gasteiger partial charge in [0.1, 0.15) is 0 Å². The summed E-state index contributed by atoms with van der Waals surface area (Å²) in [5.41, 5.74) is 2.77. The minimum Gasteiger partial charge on any atom is -0.350 e. The van der Waals surface area contributed by atoms with Gasteiger partial charge in [0.15, 0.2) is 0 Å². The number of nitrogens with zero attached hydrogens (tertiary/aromatic N) is 2. The molecule has 0 saturated carbocycles. The number of nitrogens with one attached hydrogen (secondary N) is 1. The fraction of sp³-hybridized carbons (Fsp3) is 0.556. The Morgan fingerprint density at radius 2 is 2.14 bits per heavy atom. The third-order valence-corrected chi connectivity index (χ3v) is 4.70. The van der Waals surface area contributed by atoms with Gasteiger partial charge < -0.3 is 9.88 Å². The molecule has 1 unspecified atom stereocenters. The highest BCUT2D eigenvalue weighted by molar-refractivity contribution is 5.83. The van der Waals surface area contributed by atoms with E-state index in [9.17, 15) is 0 Å². The van der Waals surface area contributed by atoms with E-state index in [-0.39, 0.29) is 0 Å². The zero-order valence-electron chi connectivity index (χ0n) is 13.5. The van der Waals surface area contributed by atoms with Gasteiger partial charge in [-0.15, -0.1) is 0 Å². The standard InChI is InChI=1S/C18H27N3/c1-14(2)21(13-16-7-6-10-19-16)12-15-11-20(3)18-9-5-4-8-17(15)18/h4-5,8-9,11,14,16,19H,6-7,10,12-13H2,1-3H3. The third-order valence-electron chi connectivity index (χ3n) is 4.70. The fourth-order valence-corrected chi connectivity index (χ4v) is 3.42. The Morgan fingerprint density at radius 1 is 1.33 bits per heavy atom. The van der Waals surface area contributed by atoms with Gasteiger partial charge in [0.2, 0.25) is 0 Å². The van der Waals surface area contributed by atoms with Crippen LogP contribution in [-0.2, 0) is 13.6 Å². The van der Waals surface area contributed by atoms with Crippen LogP contribution >= 0.6 is 0 Å². The van der Waals surface area contributed by atoms with Crippen LogP contribution in [0.25, 0.3) is 10.9 Å². The van der Waals surface area contributed by atoms with Gasteiger partial charge in [-0.25, -0.2) is 0 Å². The Kier molecular flexibility index (Phi) is 4.32. The maximum absolute atomic E-state index is 3.62. The molecule has 114 valence electrons. The largest absolute Gasteiger partial charge is 0.350 e. The van der Waals surface area contributed by atoms with E-state index >= 15 is 0 Å². The smallest absolute Gasteiger partial charge is 0.0481 e. The minimum atomic E-state index is 0.575. The summed E-state index contributed by atoms with van der Waals surface area (Å²) in [6, 6.07) is 9.96. The van der Waals surface area contributed by atoms with Gasteiger partial charge in [-0.1, -0.05) is 18.2 Å². The number of rotatable bonds is 5. The van der Waals surface area contributed by atoms with Crippen LogP contribution in [0.1, 0.15) is 32.3 Å². The first-order valence-electron chi connectivity index (χ1n) is 8.15. The predicted octanol–water partition coefficient (Wildman–Crippen LogP) is 3.14. The summed E-state index contributed by atoms with van der Waals surface area (Å²) in [6.45, 7) is 7.99. The van der Waals surface area contributed by atoms with E-state index in [1.54, 1.807) is 0 Å². The molecule has 1 saturated heterocycles. The molecule has 2 aromatic rings. The van der Waals surface area contributed by atoms with Crippen molar-refractivity contribution in [1.29, 1.82) is 0 Å². The molecule has 0 aliphatic carbocycles. The lowest BCUT2D eigenvalue weighted by molar-refractivity contribution is 0.194. The van der Waals surface area contributed by atoms with E-state index < -0.39 is 0 Å². The normalized spacial score (nSPS) is 19.2. The highest BCUT2D eigenvalue weighted by Crippen LogP contribution is 2.23. The van der Waals surface area contributed by atoms with Crippen molar-refractivity contribution < 1.29 is 0 Å². The fourth-order valence-electron chi connectivity index (χ4n) is 3.42. The molecule has 0 radical (unpaired) electrons. The summed E-state index contributed by atoms with van der Waals surface area (Å²) in [4.78, 5) is 2.60. The van der Waals surface area contributed by atoms with Crippen molar-refractivity contribution in [3.63, 3.8) is 0 Å². The van der Waals surface area contributed by atoms with Crippen molar-refractivity contribution in [2.45, 2.75) is 45.3 Å². The summed E-state index contributed by atoms with van der Waals surface area (Å²) < 4.78 is 2.25. The maximum Gasteiger partial charge on any atom is 0.0481 e. The summed E-state index contributed by atoms with van der Waals surface area (Å²) in [5.74, 6) is 0. The first-order chi connectivity index (χ1) is 10.1. The molecule has 1 aliphatic rings. The van der Waals surface area contributed by atoms with Crippen LogP contribution in [0.5, 0.6) is 0 Å². The van der Waals surface area contributed by atoms with Crippen LogP contribution in [0.3, 0.4) is 0 Å². The first-order valence-corrected chi connectivity index (χ1v) is 8.15. The number of benzene rings is 1. The van der Waals surface area contributed by atoms with Gasteiger partial charge in [-0.05, 0) is 44.9 Å². The number of aromatic nitrogens is 1. The van der Waals surface area contributed by atoms with Crippen molar-refractivity contribution >= 4 is 10.9 Å². The molecule has 3 heteroatoms. The van der Waals surface area contributed by atoms with E-state index in [2.05, 4.69) is 66.1 Å². The molecule has 1 aliphatic heterocycles. The topological polar surface area (TPSA) is 20.2 Å². The molecule has 1 N–H and O–H groups in total. The van der Waals surface area contributed by atoms with Crippen LogP contribution in [0.4, 0.5) is 0 Å². The summed E-state index contributed by atoms with van der Waals surface area (Å²) >= 11 is 0. The number of fused-ring (bicyclic) bond motifs is 1. The van der Waals surface area contributed by atoms with Crippen molar-refractivity contribution in [3.8, 4) is 0 Å².